The second kappa shape index (κ2) is 8.75. The SMILES string of the molecule is Cc1cn2cc(C3=CC(=O)N4C=C(C5CCN(C(C)C)CC5)N=CC4=CCC3C)ccc2n1. The summed E-state index contributed by atoms with van der Waals surface area (Å²) in [7, 11) is 0. The third-order valence-corrected chi connectivity index (χ3v) is 7.20. The lowest BCUT2D eigenvalue weighted by Crippen LogP contribution is -2.39. The molecule has 0 bridgehead atoms. The van der Waals surface area contributed by atoms with Gasteiger partial charge >= 0.3 is 0 Å². The molecule has 1 fully saturated rings. The maximum atomic E-state index is 13.4. The fourth-order valence-corrected chi connectivity index (χ4v) is 5.13. The Balaban J connectivity index is 1.42. The minimum Gasteiger partial charge on any atom is -0.306 e. The van der Waals surface area contributed by atoms with Gasteiger partial charge in [0, 0.05) is 36.6 Å². The number of aliphatic imine (C=N–C) groups is 1. The number of hydrogen-bond donors (Lipinski definition) is 0. The van der Waals surface area contributed by atoms with Gasteiger partial charge in [0.2, 0.25) is 0 Å². The number of amides is 1. The first kappa shape index (κ1) is 21.8. The summed E-state index contributed by atoms with van der Waals surface area (Å²) in [5, 5.41) is 0. The number of hydrogen-bond acceptors (Lipinski definition) is 4. The molecule has 0 spiro atoms. The number of likely N-dealkylation sites (tertiary alicyclic amines) is 1. The number of pyridine rings is 1. The first-order valence-corrected chi connectivity index (χ1v) is 12.1. The molecule has 1 unspecified atom stereocenters. The van der Waals surface area contributed by atoms with Crippen LogP contribution in [-0.2, 0) is 4.79 Å². The highest BCUT2D eigenvalue weighted by molar-refractivity contribution is 6.01. The normalized spacial score (nSPS) is 22.7. The van der Waals surface area contributed by atoms with Crippen molar-refractivity contribution >= 4 is 23.3 Å². The van der Waals surface area contributed by atoms with E-state index in [1.54, 1.807) is 4.90 Å². The third kappa shape index (κ3) is 4.32. The molecule has 0 N–H and O–H groups in total. The number of aryl methyl sites for hydroxylation is 1. The van der Waals surface area contributed by atoms with Crippen LogP contribution in [0.25, 0.3) is 11.2 Å². The molecule has 0 radical (unpaired) electrons. The minimum atomic E-state index is -0.00650. The summed E-state index contributed by atoms with van der Waals surface area (Å²) in [6.45, 7) is 10.9. The van der Waals surface area contributed by atoms with Crippen LogP contribution in [-0.4, -0.2) is 50.4 Å². The van der Waals surface area contributed by atoms with Gasteiger partial charge in [-0.25, -0.2) is 4.98 Å². The van der Waals surface area contributed by atoms with Gasteiger partial charge in [-0.1, -0.05) is 13.0 Å². The summed E-state index contributed by atoms with van der Waals surface area (Å²) in [6, 6.07) is 4.68. The van der Waals surface area contributed by atoms with E-state index in [-0.39, 0.29) is 11.8 Å². The Morgan fingerprint density at radius 1 is 1.12 bits per heavy atom. The molecule has 1 amide bonds. The van der Waals surface area contributed by atoms with Gasteiger partial charge in [0.05, 0.1) is 23.3 Å². The molecule has 5 rings (SSSR count). The van der Waals surface area contributed by atoms with Crippen LogP contribution >= 0.6 is 0 Å². The third-order valence-electron chi connectivity index (χ3n) is 7.20. The number of allylic oxidation sites excluding steroid dienone is 4. The summed E-state index contributed by atoms with van der Waals surface area (Å²) in [4.78, 5) is 27.1. The van der Waals surface area contributed by atoms with E-state index < -0.39 is 0 Å². The van der Waals surface area contributed by atoms with Crippen molar-refractivity contribution in [3.05, 3.63) is 65.5 Å². The number of fused-ring (bicyclic) bond motifs is 2. The summed E-state index contributed by atoms with van der Waals surface area (Å²) in [5.41, 5.74) is 5.95. The van der Waals surface area contributed by atoms with Gasteiger partial charge in [-0.2, -0.15) is 0 Å². The van der Waals surface area contributed by atoms with Gasteiger partial charge in [-0.3, -0.25) is 14.7 Å². The van der Waals surface area contributed by atoms with E-state index in [0.717, 1.165) is 66.2 Å². The monoisotopic (exact) mass is 443 g/mol. The zero-order valence-electron chi connectivity index (χ0n) is 20.0. The van der Waals surface area contributed by atoms with Gasteiger partial charge in [0.25, 0.3) is 5.91 Å². The van der Waals surface area contributed by atoms with E-state index in [4.69, 9.17) is 4.99 Å². The molecule has 33 heavy (non-hydrogen) atoms. The lowest BCUT2D eigenvalue weighted by Gasteiger charge is -2.36. The highest BCUT2D eigenvalue weighted by Gasteiger charge is 2.28. The van der Waals surface area contributed by atoms with E-state index in [2.05, 4.69) is 49.0 Å². The first-order chi connectivity index (χ1) is 15.9. The predicted molar refractivity (Wildman–Crippen MR) is 133 cm³/mol. The molecular weight excluding hydrogens is 410 g/mol. The number of carbonyl (C=O) groups is 1. The topological polar surface area (TPSA) is 53.2 Å². The number of carbonyl (C=O) groups excluding carboxylic acids is 1. The van der Waals surface area contributed by atoms with Crippen molar-refractivity contribution in [2.24, 2.45) is 16.8 Å². The Bertz CT molecular complexity index is 1190. The van der Waals surface area contributed by atoms with E-state index in [9.17, 15) is 4.79 Å². The van der Waals surface area contributed by atoms with Crippen LogP contribution in [0.4, 0.5) is 0 Å². The number of nitrogens with zero attached hydrogens (tertiary/aromatic N) is 5. The van der Waals surface area contributed by atoms with Gasteiger partial charge in [0.1, 0.15) is 5.65 Å². The van der Waals surface area contributed by atoms with Gasteiger partial charge in [0.15, 0.2) is 0 Å². The second-order valence-corrected chi connectivity index (χ2v) is 9.86. The van der Waals surface area contributed by atoms with Crippen molar-refractivity contribution in [2.45, 2.75) is 53.0 Å². The zero-order valence-corrected chi connectivity index (χ0v) is 20.0. The largest absolute Gasteiger partial charge is 0.306 e. The number of imidazole rings is 1. The second-order valence-electron chi connectivity index (χ2n) is 9.86. The molecule has 0 saturated carbocycles. The predicted octanol–water partition coefficient (Wildman–Crippen LogP) is 4.82. The minimum absolute atomic E-state index is 0.00650. The van der Waals surface area contributed by atoms with Gasteiger partial charge < -0.3 is 9.30 Å². The average Bonchev–Trinajstić information content (AvgIpc) is 3.19. The van der Waals surface area contributed by atoms with E-state index in [0.29, 0.717) is 12.0 Å². The molecule has 6 nitrogen and oxygen atoms in total. The standard InChI is InChI=1S/C27H33N5O/c1-18(2)30-11-9-21(10-12-30)25-17-32-23(14-28-25)7-5-19(3)24(13-27(32)33)22-6-8-26-29-20(4)15-31(26)16-22/h6-8,13-19,21H,5,9-12H2,1-4H3. The fraction of sp³-hybridized carbons (Fsp3) is 0.444. The van der Waals surface area contributed by atoms with Crippen LogP contribution in [0.15, 0.2) is 59.3 Å². The lowest BCUT2D eigenvalue weighted by molar-refractivity contribution is -0.122. The van der Waals surface area contributed by atoms with Crippen LogP contribution in [0.3, 0.4) is 0 Å². The first-order valence-electron chi connectivity index (χ1n) is 12.1. The highest BCUT2D eigenvalue weighted by atomic mass is 16.2. The molecule has 5 heterocycles. The van der Waals surface area contributed by atoms with Crippen LogP contribution in [0.1, 0.15) is 51.3 Å². The maximum absolute atomic E-state index is 13.4. The molecular formula is C27H33N5O. The summed E-state index contributed by atoms with van der Waals surface area (Å²) in [6.07, 6.45) is 15.0. The number of aromatic nitrogens is 2. The van der Waals surface area contributed by atoms with Gasteiger partial charge in [-0.15, -0.1) is 0 Å². The summed E-state index contributed by atoms with van der Waals surface area (Å²) in [5.74, 6) is 0.628. The molecule has 2 aromatic heterocycles. The van der Waals surface area contributed by atoms with Crippen molar-refractivity contribution in [1.82, 2.24) is 19.2 Å². The Hall–Kier alpha value is -2.99. The Labute approximate surface area is 196 Å². The average molecular weight is 444 g/mol. The van der Waals surface area contributed by atoms with Crippen molar-refractivity contribution in [2.75, 3.05) is 13.1 Å². The highest BCUT2D eigenvalue weighted by Crippen LogP contribution is 2.33. The van der Waals surface area contributed by atoms with Crippen LogP contribution in [0.5, 0.6) is 0 Å². The number of piperidine rings is 1. The molecule has 0 aromatic carbocycles. The van der Waals surface area contributed by atoms with E-state index in [1.165, 1.54) is 0 Å². The molecule has 3 aliphatic heterocycles. The van der Waals surface area contributed by atoms with E-state index >= 15 is 0 Å². The zero-order chi connectivity index (χ0) is 23.1. The van der Waals surface area contributed by atoms with E-state index in [1.807, 2.05) is 42.1 Å². The smallest absolute Gasteiger partial charge is 0.255 e. The lowest BCUT2D eigenvalue weighted by atomic mass is 9.89. The Morgan fingerprint density at radius 3 is 2.67 bits per heavy atom. The maximum Gasteiger partial charge on any atom is 0.255 e. The fourth-order valence-electron chi connectivity index (χ4n) is 5.13. The van der Waals surface area contributed by atoms with Crippen LogP contribution < -0.4 is 0 Å². The molecule has 1 saturated heterocycles. The quantitative estimate of drug-likeness (QED) is 0.683. The van der Waals surface area contributed by atoms with Crippen molar-refractivity contribution in [3.63, 3.8) is 0 Å². The van der Waals surface area contributed by atoms with Crippen LogP contribution in [0, 0.1) is 18.8 Å². The van der Waals surface area contributed by atoms with Crippen molar-refractivity contribution in [3.8, 4) is 0 Å². The van der Waals surface area contributed by atoms with Crippen LogP contribution in [0.2, 0.25) is 0 Å². The van der Waals surface area contributed by atoms with Crippen molar-refractivity contribution in [1.29, 1.82) is 0 Å². The molecule has 172 valence electrons. The number of rotatable bonds is 3. The summed E-state index contributed by atoms with van der Waals surface area (Å²) < 4.78 is 2.04. The Morgan fingerprint density at radius 2 is 1.91 bits per heavy atom. The Kier molecular flexibility index (Phi) is 5.79. The van der Waals surface area contributed by atoms with Gasteiger partial charge in [-0.05, 0) is 82.3 Å². The summed E-state index contributed by atoms with van der Waals surface area (Å²) >= 11 is 0. The molecule has 3 aliphatic rings. The molecule has 1 atom stereocenters. The van der Waals surface area contributed by atoms with Crippen molar-refractivity contribution < 1.29 is 4.79 Å². The molecule has 6 heteroatoms. The molecule has 0 aliphatic carbocycles. The molecule has 2 aromatic rings.